The predicted octanol–water partition coefficient (Wildman–Crippen LogP) is 2.13. The highest BCUT2D eigenvalue weighted by atomic mass is 16.1. The SMILES string of the molecule is CCN(CC)CC(C)NC(=O)CC1(CN)CCCCC1. The van der Waals surface area contributed by atoms with E-state index in [0.717, 1.165) is 32.5 Å². The fourth-order valence-corrected chi connectivity index (χ4v) is 3.34. The lowest BCUT2D eigenvalue weighted by atomic mass is 9.71. The van der Waals surface area contributed by atoms with Gasteiger partial charge in [0, 0.05) is 19.0 Å². The van der Waals surface area contributed by atoms with Crippen molar-refractivity contribution >= 4 is 5.91 Å². The molecule has 0 radical (unpaired) electrons. The molecule has 1 atom stereocenters. The van der Waals surface area contributed by atoms with Crippen molar-refractivity contribution in [2.24, 2.45) is 11.1 Å². The first-order chi connectivity index (χ1) is 9.55. The van der Waals surface area contributed by atoms with Gasteiger partial charge in [-0.05, 0) is 44.8 Å². The van der Waals surface area contributed by atoms with Crippen molar-refractivity contribution in [2.45, 2.75) is 65.3 Å². The minimum atomic E-state index is 0.0667. The molecule has 0 saturated heterocycles. The summed E-state index contributed by atoms with van der Waals surface area (Å²) in [7, 11) is 0. The minimum Gasteiger partial charge on any atom is -0.352 e. The lowest BCUT2D eigenvalue weighted by Gasteiger charge is -2.36. The zero-order valence-electron chi connectivity index (χ0n) is 13.6. The normalized spacial score (nSPS) is 19.9. The Morgan fingerprint density at radius 1 is 1.25 bits per heavy atom. The Balaban J connectivity index is 2.41. The van der Waals surface area contributed by atoms with Gasteiger partial charge in [0.15, 0.2) is 0 Å². The van der Waals surface area contributed by atoms with Gasteiger partial charge >= 0.3 is 0 Å². The molecule has 0 spiro atoms. The third kappa shape index (κ3) is 5.41. The van der Waals surface area contributed by atoms with E-state index in [4.69, 9.17) is 5.73 Å². The number of amides is 1. The molecule has 0 aromatic heterocycles. The van der Waals surface area contributed by atoms with Crippen molar-refractivity contribution in [1.29, 1.82) is 0 Å². The van der Waals surface area contributed by atoms with Gasteiger partial charge in [0.25, 0.3) is 0 Å². The zero-order valence-corrected chi connectivity index (χ0v) is 13.6. The molecule has 3 N–H and O–H groups in total. The Hall–Kier alpha value is -0.610. The topological polar surface area (TPSA) is 58.4 Å². The number of carbonyl (C=O) groups is 1. The quantitative estimate of drug-likeness (QED) is 0.717. The second kappa shape index (κ2) is 8.63. The van der Waals surface area contributed by atoms with E-state index in [1.807, 2.05) is 0 Å². The molecule has 118 valence electrons. The second-order valence-electron chi connectivity index (χ2n) is 6.40. The van der Waals surface area contributed by atoms with Gasteiger partial charge in [-0.25, -0.2) is 0 Å². The van der Waals surface area contributed by atoms with E-state index >= 15 is 0 Å². The molecule has 1 fully saturated rings. The first-order valence-corrected chi connectivity index (χ1v) is 8.27. The summed E-state index contributed by atoms with van der Waals surface area (Å²) in [5.41, 5.74) is 6.02. The number of hydrogen-bond donors (Lipinski definition) is 2. The van der Waals surface area contributed by atoms with Gasteiger partial charge in [0.1, 0.15) is 0 Å². The maximum Gasteiger partial charge on any atom is 0.220 e. The second-order valence-corrected chi connectivity index (χ2v) is 6.40. The summed E-state index contributed by atoms with van der Waals surface area (Å²) in [6.45, 7) is 10.0. The van der Waals surface area contributed by atoms with Crippen LogP contribution in [0.1, 0.15) is 59.3 Å². The number of nitrogens with one attached hydrogen (secondary N) is 1. The molecule has 1 rings (SSSR count). The van der Waals surface area contributed by atoms with Gasteiger partial charge in [0.05, 0.1) is 0 Å². The summed E-state index contributed by atoms with van der Waals surface area (Å²) >= 11 is 0. The highest BCUT2D eigenvalue weighted by Gasteiger charge is 2.33. The van der Waals surface area contributed by atoms with Crippen molar-refractivity contribution in [2.75, 3.05) is 26.2 Å². The van der Waals surface area contributed by atoms with E-state index in [-0.39, 0.29) is 17.4 Å². The number of nitrogens with zero attached hydrogens (tertiary/aromatic N) is 1. The fourth-order valence-electron chi connectivity index (χ4n) is 3.34. The summed E-state index contributed by atoms with van der Waals surface area (Å²) in [5.74, 6) is 0.178. The summed E-state index contributed by atoms with van der Waals surface area (Å²) in [5, 5.41) is 3.15. The number of likely N-dealkylation sites (N-methyl/N-ethyl adjacent to an activating group) is 1. The summed E-state index contributed by atoms with van der Waals surface area (Å²) < 4.78 is 0. The molecule has 1 unspecified atom stereocenters. The Morgan fingerprint density at radius 2 is 1.85 bits per heavy atom. The maximum absolute atomic E-state index is 12.3. The fraction of sp³-hybridized carbons (Fsp3) is 0.938. The predicted molar refractivity (Wildman–Crippen MR) is 84.6 cm³/mol. The molecule has 4 nitrogen and oxygen atoms in total. The number of nitrogens with two attached hydrogens (primary N) is 1. The smallest absolute Gasteiger partial charge is 0.220 e. The van der Waals surface area contributed by atoms with Crippen LogP contribution < -0.4 is 11.1 Å². The van der Waals surface area contributed by atoms with Crippen LogP contribution in [0.2, 0.25) is 0 Å². The van der Waals surface area contributed by atoms with Crippen LogP contribution in [0, 0.1) is 5.41 Å². The van der Waals surface area contributed by atoms with Crippen molar-refractivity contribution < 1.29 is 4.79 Å². The largest absolute Gasteiger partial charge is 0.352 e. The molecule has 0 aromatic carbocycles. The van der Waals surface area contributed by atoms with E-state index < -0.39 is 0 Å². The van der Waals surface area contributed by atoms with Crippen molar-refractivity contribution in [1.82, 2.24) is 10.2 Å². The zero-order chi connectivity index (χ0) is 15.0. The molecular weight excluding hydrogens is 250 g/mol. The van der Waals surface area contributed by atoms with Crippen LogP contribution in [0.3, 0.4) is 0 Å². The van der Waals surface area contributed by atoms with Gasteiger partial charge < -0.3 is 16.0 Å². The Bertz CT molecular complexity index is 283. The van der Waals surface area contributed by atoms with Crippen LogP contribution in [0.25, 0.3) is 0 Å². The molecule has 0 heterocycles. The molecule has 1 amide bonds. The van der Waals surface area contributed by atoms with Crippen LogP contribution in [-0.4, -0.2) is 43.0 Å². The standard InChI is InChI=1S/C16H33N3O/c1-4-19(5-2)12-14(3)18-15(20)11-16(13-17)9-7-6-8-10-16/h14H,4-13,17H2,1-3H3,(H,18,20). The highest BCUT2D eigenvalue weighted by Crippen LogP contribution is 2.38. The first kappa shape index (κ1) is 17.4. The van der Waals surface area contributed by atoms with Gasteiger partial charge in [-0.15, -0.1) is 0 Å². The third-order valence-electron chi connectivity index (χ3n) is 4.72. The average Bonchev–Trinajstić information content (AvgIpc) is 2.45. The number of carbonyl (C=O) groups excluding carboxylic acids is 1. The Labute approximate surface area is 124 Å². The Kier molecular flexibility index (Phi) is 7.52. The van der Waals surface area contributed by atoms with Crippen LogP contribution in [0.15, 0.2) is 0 Å². The maximum atomic E-state index is 12.3. The first-order valence-electron chi connectivity index (χ1n) is 8.27. The van der Waals surface area contributed by atoms with Crippen molar-refractivity contribution in [3.63, 3.8) is 0 Å². The molecule has 0 aliphatic heterocycles. The van der Waals surface area contributed by atoms with Crippen LogP contribution in [0.4, 0.5) is 0 Å². The summed E-state index contributed by atoms with van der Waals surface area (Å²) in [4.78, 5) is 14.6. The lowest BCUT2D eigenvalue weighted by Crippen LogP contribution is -2.45. The average molecular weight is 283 g/mol. The molecule has 1 aliphatic rings. The minimum absolute atomic E-state index is 0.0667. The molecular formula is C16H33N3O. The molecule has 0 aromatic rings. The molecule has 1 aliphatic carbocycles. The van der Waals surface area contributed by atoms with Gasteiger partial charge in [-0.2, -0.15) is 0 Å². The van der Waals surface area contributed by atoms with E-state index in [9.17, 15) is 4.79 Å². The summed E-state index contributed by atoms with van der Waals surface area (Å²) in [6, 6.07) is 0.209. The van der Waals surface area contributed by atoms with E-state index in [0.29, 0.717) is 13.0 Å². The van der Waals surface area contributed by atoms with Gasteiger partial charge in [-0.3, -0.25) is 4.79 Å². The lowest BCUT2D eigenvalue weighted by molar-refractivity contribution is -0.124. The monoisotopic (exact) mass is 283 g/mol. The van der Waals surface area contributed by atoms with Gasteiger partial charge in [0.2, 0.25) is 5.91 Å². The van der Waals surface area contributed by atoms with Crippen LogP contribution >= 0.6 is 0 Å². The number of rotatable bonds is 8. The van der Waals surface area contributed by atoms with E-state index in [2.05, 4.69) is 31.0 Å². The van der Waals surface area contributed by atoms with Crippen molar-refractivity contribution in [3.05, 3.63) is 0 Å². The number of hydrogen-bond acceptors (Lipinski definition) is 3. The van der Waals surface area contributed by atoms with Gasteiger partial charge in [-0.1, -0.05) is 33.1 Å². The van der Waals surface area contributed by atoms with E-state index in [1.54, 1.807) is 0 Å². The Morgan fingerprint density at radius 3 is 2.35 bits per heavy atom. The molecule has 4 heteroatoms. The van der Waals surface area contributed by atoms with E-state index in [1.165, 1.54) is 19.3 Å². The third-order valence-corrected chi connectivity index (χ3v) is 4.72. The molecule has 0 bridgehead atoms. The molecule has 1 saturated carbocycles. The van der Waals surface area contributed by atoms with Crippen molar-refractivity contribution in [3.8, 4) is 0 Å². The summed E-state index contributed by atoms with van der Waals surface area (Å²) in [6.07, 6.45) is 6.56. The van der Waals surface area contributed by atoms with Crippen LogP contribution in [0.5, 0.6) is 0 Å². The van der Waals surface area contributed by atoms with Crippen LogP contribution in [-0.2, 0) is 4.79 Å². The molecule has 20 heavy (non-hydrogen) atoms. The highest BCUT2D eigenvalue weighted by molar-refractivity contribution is 5.77.